The third-order valence-corrected chi connectivity index (χ3v) is 3.93. The van der Waals surface area contributed by atoms with E-state index in [0.29, 0.717) is 6.61 Å². The molecule has 1 fully saturated rings. The van der Waals surface area contributed by atoms with Crippen molar-refractivity contribution in [2.75, 3.05) is 0 Å². The molecule has 0 spiro atoms. The number of hydrogen-bond donors (Lipinski definition) is 1. The fraction of sp³-hybridized carbons (Fsp3) is 0.625. The maximum absolute atomic E-state index is 10.2. The molecule has 114 valence electrons. The first-order valence-corrected chi connectivity index (χ1v) is 6.96. The Kier molecular flexibility index (Phi) is 5.61. The molecule has 1 heterocycles. The molecule has 1 aromatic carbocycles. The zero-order chi connectivity index (χ0) is 14.1. The van der Waals surface area contributed by atoms with E-state index in [9.17, 15) is 5.21 Å². The monoisotopic (exact) mass is 299 g/mol. The minimum absolute atomic E-state index is 0. The first-order valence-electron chi connectivity index (χ1n) is 6.96. The van der Waals surface area contributed by atoms with Gasteiger partial charge in [-0.3, -0.25) is 0 Å². The predicted octanol–water partition coefficient (Wildman–Crippen LogP) is 4.04. The summed E-state index contributed by atoms with van der Waals surface area (Å²) in [6.07, 6.45) is 1.88. The molecule has 20 heavy (non-hydrogen) atoms. The normalized spacial score (nSPS) is 22.2. The van der Waals surface area contributed by atoms with E-state index < -0.39 is 0 Å². The lowest BCUT2D eigenvalue weighted by Crippen LogP contribution is -2.60. The van der Waals surface area contributed by atoms with Gasteiger partial charge in [-0.2, -0.15) is 5.06 Å². The van der Waals surface area contributed by atoms with Crippen molar-refractivity contribution in [3.8, 4) is 0 Å². The summed E-state index contributed by atoms with van der Waals surface area (Å²) in [4.78, 5) is 0. The van der Waals surface area contributed by atoms with Gasteiger partial charge < -0.3 is 9.94 Å². The Morgan fingerprint density at radius 3 is 2.10 bits per heavy atom. The van der Waals surface area contributed by atoms with Crippen LogP contribution in [-0.4, -0.2) is 27.5 Å². The molecule has 0 aliphatic carbocycles. The van der Waals surface area contributed by atoms with Crippen molar-refractivity contribution in [1.29, 1.82) is 0 Å². The summed E-state index contributed by atoms with van der Waals surface area (Å²) < 4.78 is 6.05. The Labute approximate surface area is 128 Å². The van der Waals surface area contributed by atoms with Gasteiger partial charge in [-0.05, 0) is 46.1 Å². The van der Waals surface area contributed by atoms with E-state index in [1.165, 1.54) is 10.6 Å². The quantitative estimate of drug-likeness (QED) is 0.914. The minimum Gasteiger partial charge on any atom is -0.373 e. The Morgan fingerprint density at radius 2 is 1.60 bits per heavy atom. The van der Waals surface area contributed by atoms with Crippen molar-refractivity contribution in [2.24, 2.45) is 0 Å². The zero-order valence-corrected chi connectivity index (χ0v) is 13.6. The van der Waals surface area contributed by atoms with E-state index in [1.54, 1.807) is 0 Å². The standard InChI is InChI=1S/C16H25NO2.ClH/c1-15(2)10-14(11-16(3,4)17(15)18)19-12-13-8-6-5-7-9-13;/h5-9,14,18H,10-12H2,1-4H3;1H. The van der Waals surface area contributed by atoms with Crippen molar-refractivity contribution in [3.05, 3.63) is 35.9 Å². The second-order valence-electron chi connectivity index (χ2n) is 6.76. The third kappa shape index (κ3) is 3.95. The van der Waals surface area contributed by atoms with Gasteiger partial charge in [0.2, 0.25) is 0 Å². The van der Waals surface area contributed by atoms with E-state index in [4.69, 9.17) is 4.74 Å². The molecule has 1 aromatic rings. The third-order valence-electron chi connectivity index (χ3n) is 3.93. The molecule has 0 atom stereocenters. The van der Waals surface area contributed by atoms with Gasteiger partial charge in [0.1, 0.15) is 0 Å². The Bertz CT molecular complexity index is 402. The lowest BCUT2D eigenvalue weighted by atomic mass is 9.80. The highest BCUT2D eigenvalue weighted by Gasteiger charge is 2.45. The summed E-state index contributed by atoms with van der Waals surface area (Å²) in [6.45, 7) is 8.89. The summed E-state index contributed by atoms with van der Waals surface area (Å²) >= 11 is 0. The highest BCUT2D eigenvalue weighted by Crippen LogP contribution is 2.38. The predicted molar refractivity (Wildman–Crippen MR) is 83.3 cm³/mol. The molecule has 1 aliphatic heterocycles. The van der Waals surface area contributed by atoms with Crippen molar-refractivity contribution < 1.29 is 9.94 Å². The average Bonchev–Trinajstić information content (AvgIpc) is 2.34. The molecule has 0 unspecified atom stereocenters. The molecule has 3 nitrogen and oxygen atoms in total. The second-order valence-corrected chi connectivity index (χ2v) is 6.76. The van der Waals surface area contributed by atoms with Crippen LogP contribution in [0.2, 0.25) is 0 Å². The van der Waals surface area contributed by atoms with Gasteiger partial charge in [-0.1, -0.05) is 30.3 Å². The van der Waals surface area contributed by atoms with E-state index in [2.05, 4.69) is 39.8 Å². The van der Waals surface area contributed by atoms with Crippen LogP contribution in [0.15, 0.2) is 30.3 Å². The molecule has 0 saturated carbocycles. The zero-order valence-electron chi connectivity index (χ0n) is 12.8. The summed E-state index contributed by atoms with van der Waals surface area (Å²) in [5, 5.41) is 11.7. The fourth-order valence-electron chi connectivity index (χ4n) is 3.08. The number of piperidine rings is 1. The van der Waals surface area contributed by atoms with Crippen LogP contribution in [0.25, 0.3) is 0 Å². The first kappa shape index (κ1) is 17.4. The molecule has 1 N–H and O–H groups in total. The van der Waals surface area contributed by atoms with Crippen LogP contribution in [0.5, 0.6) is 0 Å². The fourth-order valence-corrected chi connectivity index (χ4v) is 3.08. The smallest absolute Gasteiger partial charge is 0.0720 e. The number of hydroxylamine groups is 2. The lowest BCUT2D eigenvalue weighted by molar-refractivity contribution is -0.262. The number of benzene rings is 1. The van der Waals surface area contributed by atoms with Gasteiger partial charge in [0, 0.05) is 11.1 Å². The molecule has 0 amide bonds. The van der Waals surface area contributed by atoms with Gasteiger partial charge in [0.15, 0.2) is 0 Å². The van der Waals surface area contributed by atoms with E-state index in [1.807, 2.05) is 18.2 Å². The van der Waals surface area contributed by atoms with Crippen molar-refractivity contribution in [1.82, 2.24) is 5.06 Å². The molecule has 1 saturated heterocycles. The van der Waals surface area contributed by atoms with Crippen LogP contribution < -0.4 is 0 Å². The van der Waals surface area contributed by atoms with E-state index >= 15 is 0 Å². The molecule has 0 radical (unpaired) electrons. The molecule has 2 rings (SSSR count). The number of rotatable bonds is 3. The summed E-state index contributed by atoms with van der Waals surface area (Å²) in [7, 11) is 0. The summed E-state index contributed by atoms with van der Waals surface area (Å²) in [5.41, 5.74) is 0.705. The molecule has 1 aliphatic rings. The maximum Gasteiger partial charge on any atom is 0.0720 e. The van der Waals surface area contributed by atoms with E-state index in [0.717, 1.165) is 12.8 Å². The van der Waals surface area contributed by atoms with Crippen LogP contribution in [-0.2, 0) is 11.3 Å². The topological polar surface area (TPSA) is 32.7 Å². The van der Waals surface area contributed by atoms with Crippen LogP contribution in [0.4, 0.5) is 0 Å². The van der Waals surface area contributed by atoms with Gasteiger partial charge in [0.05, 0.1) is 12.7 Å². The Hall–Kier alpha value is -0.610. The largest absolute Gasteiger partial charge is 0.373 e. The van der Waals surface area contributed by atoms with Gasteiger partial charge in [0.25, 0.3) is 0 Å². The average molecular weight is 300 g/mol. The highest BCUT2D eigenvalue weighted by atomic mass is 35.5. The lowest BCUT2D eigenvalue weighted by Gasteiger charge is -2.51. The molecular weight excluding hydrogens is 274 g/mol. The maximum atomic E-state index is 10.2. The molecule has 4 heteroatoms. The Balaban J connectivity index is 0.00000200. The minimum atomic E-state index is -0.247. The van der Waals surface area contributed by atoms with Crippen molar-refractivity contribution in [3.63, 3.8) is 0 Å². The van der Waals surface area contributed by atoms with Crippen molar-refractivity contribution >= 4 is 12.4 Å². The molecule has 0 aromatic heterocycles. The molecule has 0 bridgehead atoms. The van der Waals surface area contributed by atoms with E-state index in [-0.39, 0.29) is 29.6 Å². The number of hydrogen-bond acceptors (Lipinski definition) is 3. The number of nitrogens with zero attached hydrogens (tertiary/aromatic N) is 1. The Morgan fingerprint density at radius 1 is 1.10 bits per heavy atom. The molecular formula is C16H26ClNO2. The first-order chi connectivity index (χ1) is 8.81. The van der Waals surface area contributed by atoms with Crippen molar-refractivity contribution in [2.45, 2.75) is 64.3 Å². The summed E-state index contributed by atoms with van der Waals surface area (Å²) in [6, 6.07) is 10.2. The highest BCUT2D eigenvalue weighted by molar-refractivity contribution is 5.85. The van der Waals surface area contributed by atoms with Gasteiger partial charge in [-0.25, -0.2) is 0 Å². The SMILES string of the molecule is CC1(C)CC(OCc2ccccc2)CC(C)(C)N1O.Cl. The van der Waals surface area contributed by atoms with Crippen LogP contribution >= 0.6 is 12.4 Å². The summed E-state index contributed by atoms with van der Waals surface area (Å²) in [5.74, 6) is 0. The van der Waals surface area contributed by atoms with Gasteiger partial charge >= 0.3 is 0 Å². The van der Waals surface area contributed by atoms with Crippen LogP contribution in [0.3, 0.4) is 0 Å². The van der Waals surface area contributed by atoms with Gasteiger partial charge in [-0.15, -0.1) is 12.4 Å². The number of halogens is 1. The van der Waals surface area contributed by atoms with Crippen LogP contribution in [0.1, 0.15) is 46.1 Å². The number of ether oxygens (including phenoxy) is 1. The van der Waals surface area contributed by atoms with Crippen LogP contribution in [0, 0.1) is 0 Å². The second kappa shape index (κ2) is 6.44.